The van der Waals surface area contributed by atoms with Crippen LogP contribution in [0.25, 0.3) is 0 Å². The maximum Gasteiger partial charge on any atom is 0.0386 e. The van der Waals surface area contributed by atoms with Crippen molar-refractivity contribution in [2.75, 3.05) is 6.54 Å². The van der Waals surface area contributed by atoms with Crippen molar-refractivity contribution >= 4 is 0 Å². The zero-order valence-corrected chi connectivity index (χ0v) is 12.8. The van der Waals surface area contributed by atoms with Gasteiger partial charge >= 0.3 is 0 Å². The first-order chi connectivity index (χ1) is 9.72. The summed E-state index contributed by atoms with van der Waals surface area (Å²) in [6.45, 7) is 7.74. The number of hydrogen-bond donors (Lipinski definition) is 1. The van der Waals surface area contributed by atoms with Crippen LogP contribution in [0.5, 0.6) is 0 Å². The van der Waals surface area contributed by atoms with Crippen LogP contribution in [0, 0.1) is 6.92 Å². The molecule has 0 aromatic heterocycles. The molecule has 0 bridgehead atoms. The molecule has 2 atom stereocenters. The molecule has 0 saturated carbocycles. The van der Waals surface area contributed by atoms with E-state index in [0.717, 1.165) is 13.0 Å². The van der Waals surface area contributed by atoms with Gasteiger partial charge in [-0.15, -0.1) is 0 Å². The topological polar surface area (TPSA) is 12.0 Å². The molecule has 0 spiro atoms. The highest BCUT2D eigenvalue weighted by Crippen LogP contribution is 2.30. The van der Waals surface area contributed by atoms with Crippen molar-refractivity contribution in [2.45, 2.75) is 39.2 Å². The average molecular weight is 267 g/mol. The number of rotatable bonds is 6. The molecular weight excluding hydrogens is 242 g/mol. The van der Waals surface area contributed by atoms with Gasteiger partial charge in [0.1, 0.15) is 0 Å². The summed E-state index contributed by atoms with van der Waals surface area (Å²) in [7, 11) is 0. The van der Waals surface area contributed by atoms with E-state index in [-0.39, 0.29) is 0 Å². The normalized spacial score (nSPS) is 13.9. The van der Waals surface area contributed by atoms with Crippen LogP contribution in [-0.2, 0) is 0 Å². The molecule has 2 rings (SSSR count). The minimum Gasteiger partial charge on any atom is -0.309 e. The molecule has 106 valence electrons. The lowest BCUT2D eigenvalue weighted by Gasteiger charge is -2.26. The lowest BCUT2D eigenvalue weighted by Crippen LogP contribution is -2.26. The molecule has 0 amide bonds. The molecule has 1 nitrogen and oxygen atoms in total. The minimum absolute atomic E-state index is 0.372. The smallest absolute Gasteiger partial charge is 0.0386 e. The number of benzene rings is 2. The van der Waals surface area contributed by atoms with Crippen LogP contribution in [-0.4, -0.2) is 6.54 Å². The SMILES string of the molecule is CCCNC(c1cccc(C)c1)C(C)c1ccccc1. The van der Waals surface area contributed by atoms with Gasteiger partial charge < -0.3 is 5.32 Å². The minimum atomic E-state index is 0.372. The van der Waals surface area contributed by atoms with Gasteiger partial charge in [0, 0.05) is 12.0 Å². The van der Waals surface area contributed by atoms with Crippen molar-refractivity contribution in [3.05, 3.63) is 71.3 Å². The predicted octanol–water partition coefficient (Wildman–Crippen LogP) is 4.84. The third-order valence-electron chi connectivity index (χ3n) is 3.84. The molecule has 2 unspecified atom stereocenters. The molecule has 0 saturated heterocycles. The summed E-state index contributed by atoms with van der Waals surface area (Å²) in [5.41, 5.74) is 4.10. The summed E-state index contributed by atoms with van der Waals surface area (Å²) in [5.74, 6) is 0.463. The Hall–Kier alpha value is -1.60. The summed E-state index contributed by atoms with van der Waals surface area (Å²) >= 11 is 0. The first-order valence-electron chi connectivity index (χ1n) is 7.57. The van der Waals surface area contributed by atoms with Gasteiger partial charge in [-0.3, -0.25) is 0 Å². The lowest BCUT2D eigenvalue weighted by molar-refractivity contribution is 0.466. The third-order valence-corrected chi connectivity index (χ3v) is 3.84. The highest BCUT2D eigenvalue weighted by atomic mass is 14.9. The van der Waals surface area contributed by atoms with Gasteiger partial charge in [-0.2, -0.15) is 0 Å². The summed E-state index contributed by atoms with van der Waals surface area (Å²) in [5, 5.41) is 3.71. The molecule has 20 heavy (non-hydrogen) atoms. The second-order valence-electron chi connectivity index (χ2n) is 5.55. The van der Waals surface area contributed by atoms with Crippen molar-refractivity contribution < 1.29 is 0 Å². The van der Waals surface area contributed by atoms with Crippen molar-refractivity contribution in [3.63, 3.8) is 0 Å². The fourth-order valence-corrected chi connectivity index (χ4v) is 2.70. The van der Waals surface area contributed by atoms with Gasteiger partial charge in [0.05, 0.1) is 0 Å². The van der Waals surface area contributed by atoms with Gasteiger partial charge in [-0.05, 0) is 31.0 Å². The van der Waals surface area contributed by atoms with Crippen LogP contribution in [0.15, 0.2) is 54.6 Å². The second-order valence-corrected chi connectivity index (χ2v) is 5.55. The highest BCUT2D eigenvalue weighted by molar-refractivity contribution is 5.30. The van der Waals surface area contributed by atoms with Crippen LogP contribution in [0.4, 0.5) is 0 Å². The Balaban J connectivity index is 2.27. The maximum absolute atomic E-state index is 3.71. The summed E-state index contributed by atoms with van der Waals surface area (Å²) in [6.07, 6.45) is 1.16. The second kappa shape index (κ2) is 7.25. The van der Waals surface area contributed by atoms with E-state index in [9.17, 15) is 0 Å². The fourth-order valence-electron chi connectivity index (χ4n) is 2.70. The first-order valence-corrected chi connectivity index (χ1v) is 7.57. The monoisotopic (exact) mass is 267 g/mol. The van der Waals surface area contributed by atoms with Gasteiger partial charge in [-0.25, -0.2) is 0 Å². The number of nitrogens with one attached hydrogen (secondary N) is 1. The zero-order chi connectivity index (χ0) is 14.4. The lowest BCUT2D eigenvalue weighted by atomic mass is 9.88. The van der Waals surface area contributed by atoms with Crippen LogP contribution >= 0.6 is 0 Å². The average Bonchev–Trinajstić information content (AvgIpc) is 2.48. The van der Waals surface area contributed by atoms with Crippen LogP contribution in [0.2, 0.25) is 0 Å². The van der Waals surface area contributed by atoms with Gasteiger partial charge in [-0.1, -0.05) is 74.0 Å². The Morgan fingerprint density at radius 3 is 2.30 bits per heavy atom. The molecule has 0 radical (unpaired) electrons. The summed E-state index contributed by atoms with van der Waals surface area (Å²) < 4.78 is 0. The van der Waals surface area contributed by atoms with E-state index >= 15 is 0 Å². The fraction of sp³-hybridized carbons (Fsp3) is 0.368. The van der Waals surface area contributed by atoms with Gasteiger partial charge in [0.2, 0.25) is 0 Å². The Morgan fingerprint density at radius 2 is 1.65 bits per heavy atom. The van der Waals surface area contributed by atoms with Gasteiger partial charge in [0.25, 0.3) is 0 Å². The van der Waals surface area contributed by atoms with E-state index in [2.05, 4.69) is 80.7 Å². The van der Waals surface area contributed by atoms with Crippen molar-refractivity contribution in [2.24, 2.45) is 0 Å². The van der Waals surface area contributed by atoms with Crippen molar-refractivity contribution in [1.29, 1.82) is 0 Å². The Morgan fingerprint density at radius 1 is 0.950 bits per heavy atom. The Kier molecular flexibility index (Phi) is 5.37. The van der Waals surface area contributed by atoms with Gasteiger partial charge in [0.15, 0.2) is 0 Å². The molecule has 0 aliphatic rings. The molecule has 0 heterocycles. The van der Waals surface area contributed by atoms with E-state index in [1.165, 1.54) is 16.7 Å². The quantitative estimate of drug-likeness (QED) is 0.789. The largest absolute Gasteiger partial charge is 0.309 e. The first kappa shape index (κ1) is 14.8. The van der Waals surface area contributed by atoms with Crippen LogP contribution in [0.1, 0.15) is 48.9 Å². The van der Waals surface area contributed by atoms with E-state index in [0.29, 0.717) is 12.0 Å². The highest BCUT2D eigenvalue weighted by Gasteiger charge is 2.20. The number of hydrogen-bond acceptors (Lipinski definition) is 1. The molecule has 0 fully saturated rings. The molecule has 0 aliphatic heterocycles. The maximum atomic E-state index is 3.71. The van der Waals surface area contributed by atoms with Crippen LogP contribution in [0.3, 0.4) is 0 Å². The van der Waals surface area contributed by atoms with E-state index in [1.54, 1.807) is 0 Å². The zero-order valence-electron chi connectivity index (χ0n) is 12.8. The van der Waals surface area contributed by atoms with Crippen molar-refractivity contribution in [3.8, 4) is 0 Å². The van der Waals surface area contributed by atoms with E-state index < -0.39 is 0 Å². The molecule has 2 aromatic carbocycles. The van der Waals surface area contributed by atoms with E-state index in [4.69, 9.17) is 0 Å². The predicted molar refractivity (Wildman–Crippen MR) is 87.1 cm³/mol. The molecule has 1 N–H and O–H groups in total. The molecule has 2 aromatic rings. The third kappa shape index (κ3) is 3.71. The standard InChI is InChI=1S/C19H25N/c1-4-13-20-19(18-12-8-9-15(2)14-18)16(3)17-10-6-5-7-11-17/h5-12,14,16,19-20H,4,13H2,1-3H3. The summed E-state index contributed by atoms with van der Waals surface area (Å²) in [4.78, 5) is 0. The van der Waals surface area contributed by atoms with Crippen LogP contribution < -0.4 is 5.32 Å². The van der Waals surface area contributed by atoms with E-state index in [1.807, 2.05) is 0 Å². The molecule has 1 heteroatoms. The Labute approximate surface area is 123 Å². The molecular formula is C19H25N. The summed E-state index contributed by atoms with van der Waals surface area (Å²) in [6, 6.07) is 20.0. The Bertz CT molecular complexity index is 518. The molecule has 0 aliphatic carbocycles. The number of aryl methyl sites for hydroxylation is 1. The van der Waals surface area contributed by atoms with Crippen molar-refractivity contribution in [1.82, 2.24) is 5.32 Å².